The first-order valence-corrected chi connectivity index (χ1v) is 10.4. The molecule has 9 heteroatoms. The summed E-state index contributed by atoms with van der Waals surface area (Å²) in [5.41, 5.74) is 3.49. The molecule has 1 fully saturated rings. The first-order valence-electron chi connectivity index (χ1n) is 10.4. The maximum atomic E-state index is 9.80. The van der Waals surface area contributed by atoms with Crippen LogP contribution in [0.5, 0.6) is 0 Å². The Hall–Kier alpha value is -3.20. The third kappa shape index (κ3) is 3.15. The van der Waals surface area contributed by atoms with Crippen LogP contribution in [-0.2, 0) is 6.54 Å². The molecule has 9 nitrogen and oxygen atoms in total. The number of para-hydroxylation sites is 2. The Morgan fingerprint density at radius 1 is 1.23 bits per heavy atom. The number of H-pyrrole nitrogens is 1. The lowest BCUT2D eigenvalue weighted by atomic mass is 10.2. The van der Waals surface area contributed by atoms with Gasteiger partial charge >= 0.3 is 0 Å². The molecule has 1 aliphatic heterocycles. The number of nitrogens with one attached hydrogen (secondary N) is 2. The Bertz CT molecular complexity index is 1150. The minimum Gasteiger partial charge on any atom is -0.394 e. The van der Waals surface area contributed by atoms with Crippen LogP contribution in [-0.4, -0.2) is 53.8 Å². The molecule has 3 aromatic heterocycles. The topological polar surface area (TPSA) is 108 Å². The molecule has 1 saturated heterocycles. The van der Waals surface area contributed by atoms with E-state index in [2.05, 4.69) is 48.6 Å². The van der Waals surface area contributed by atoms with E-state index in [9.17, 15) is 5.11 Å². The smallest absolute Gasteiger partial charge is 0.208 e. The molecule has 0 bridgehead atoms. The number of rotatable bonds is 6. The van der Waals surface area contributed by atoms with E-state index in [1.165, 1.54) is 0 Å². The van der Waals surface area contributed by atoms with Gasteiger partial charge in [-0.05, 0) is 38.8 Å². The average Bonchev–Trinajstić information content (AvgIpc) is 3.47. The van der Waals surface area contributed by atoms with E-state index in [0.29, 0.717) is 12.4 Å². The van der Waals surface area contributed by atoms with Gasteiger partial charge in [-0.1, -0.05) is 12.1 Å². The fraction of sp³-hybridized carbons (Fsp3) is 0.429. The van der Waals surface area contributed by atoms with Crippen LogP contribution < -0.4 is 10.2 Å². The number of imidazole rings is 2. The van der Waals surface area contributed by atoms with Gasteiger partial charge in [0.2, 0.25) is 5.95 Å². The first-order chi connectivity index (χ1) is 14.7. The Morgan fingerprint density at radius 3 is 2.90 bits per heavy atom. The summed E-state index contributed by atoms with van der Waals surface area (Å²) < 4.78 is 2.14. The lowest BCUT2D eigenvalue weighted by Gasteiger charge is -2.26. The van der Waals surface area contributed by atoms with Crippen LogP contribution in [0.25, 0.3) is 22.2 Å². The summed E-state index contributed by atoms with van der Waals surface area (Å²) >= 11 is 0. The van der Waals surface area contributed by atoms with Gasteiger partial charge in [0.1, 0.15) is 12.2 Å². The molecule has 0 radical (unpaired) electrons. The molecular weight excluding hydrogens is 380 g/mol. The molecule has 5 rings (SSSR count). The molecule has 1 atom stereocenters. The second kappa shape index (κ2) is 7.56. The molecule has 30 heavy (non-hydrogen) atoms. The highest BCUT2D eigenvalue weighted by molar-refractivity contribution is 5.85. The molecule has 1 aliphatic rings. The predicted octanol–water partition coefficient (Wildman–Crippen LogP) is 2.86. The third-order valence-electron chi connectivity index (χ3n) is 5.68. The summed E-state index contributed by atoms with van der Waals surface area (Å²) in [5, 5.41) is 13.2. The second-order valence-electron chi connectivity index (χ2n) is 8.00. The Balaban J connectivity index is 1.50. The van der Waals surface area contributed by atoms with Crippen molar-refractivity contribution in [3.8, 4) is 0 Å². The van der Waals surface area contributed by atoms with Crippen LogP contribution in [0.3, 0.4) is 0 Å². The Kier molecular flexibility index (Phi) is 4.74. The molecule has 4 heterocycles. The van der Waals surface area contributed by atoms with Gasteiger partial charge in [0.05, 0.1) is 30.2 Å². The van der Waals surface area contributed by atoms with E-state index in [-0.39, 0.29) is 18.7 Å². The molecule has 3 N–H and O–H groups in total. The van der Waals surface area contributed by atoms with Crippen LogP contribution in [0.1, 0.15) is 38.6 Å². The minimum absolute atomic E-state index is 0.0965. The van der Waals surface area contributed by atoms with Crippen molar-refractivity contribution in [3.05, 3.63) is 36.4 Å². The number of benzene rings is 1. The Labute approximate surface area is 174 Å². The van der Waals surface area contributed by atoms with Crippen LogP contribution in [0.15, 0.2) is 30.6 Å². The number of hydrogen-bond donors (Lipinski definition) is 3. The minimum atomic E-state index is 0.0965. The highest BCUT2D eigenvalue weighted by Crippen LogP contribution is 2.32. The zero-order valence-electron chi connectivity index (χ0n) is 17.2. The number of nitrogens with zero attached hydrogens (tertiary/aromatic N) is 6. The SMILES string of the molecule is CC(C)n1c(N2CCCC2CO)nc2c(NCc3nc4ccccc4[nH]3)ncnc21. The molecular formula is C21H26N8O. The zero-order chi connectivity index (χ0) is 20.7. The van der Waals surface area contributed by atoms with Gasteiger partial charge in [0.25, 0.3) is 0 Å². The normalized spacial score (nSPS) is 16.9. The number of anilines is 2. The number of hydrogen-bond acceptors (Lipinski definition) is 7. The van der Waals surface area contributed by atoms with E-state index in [1.54, 1.807) is 6.33 Å². The van der Waals surface area contributed by atoms with E-state index in [1.807, 2.05) is 24.3 Å². The van der Waals surface area contributed by atoms with E-state index in [4.69, 9.17) is 4.98 Å². The second-order valence-corrected chi connectivity index (χ2v) is 8.00. The maximum Gasteiger partial charge on any atom is 0.208 e. The molecule has 4 aromatic rings. The summed E-state index contributed by atoms with van der Waals surface area (Å²) in [4.78, 5) is 24.1. The predicted molar refractivity (Wildman–Crippen MR) is 117 cm³/mol. The third-order valence-corrected chi connectivity index (χ3v) is 5.68. The van der Waals surface area contributed by atoms with Gasteiger partial charge in [-0.15, -0.1) is 0 Å². The van der Waals surface area contributed by atoms with E-state index >= 15 is 0 Å². The van der Waals surface area contributed by atoms with Crippen molar-refractivity contribution in [2.45, 2.75) is 45.3 Å². The fourth-order valence-electron chi connectivity index (χ4n) is 4.25. The molecule has 1 aromatic carbocycles. The maximum absolute atomic E-state index is 9.80. The molecule has 1 unspecified atom stereocenters. The summed E-state index contributed by atoms with van der Waals surface area (Å²) in [6.07, 6.45) is 3.59. The van der Waals surface area contributed by atoms with E-state index < -0.39 is 0 Å². The van der Waals surface area contributed by atoms with Crippen LogP contribution in [0, 0.1) is 0 Å². The molecule has 0 aliphatic carbocycles. The van der Waals surface area contributed by atoms with Gasteiger partial charge in [0, 0.05) is 12.6 Å². The summed E-state index contributed by atoms with van der Waals surface area (Å²) in [6, 6.07) is 8.25. The van der Waals surface area contributed by atoms with Crippen LogP contribution >= 0.6 is 0 Å². The van der Waals surface area contributed by atoms with Crippen LogP contribution in [0.4, 0.5) is 11.8 Å². The highest BCUT2D eigenvalue weighted by Gasteiger charge is 2.30. The highest BCUT2D eigenvalue weighted by atomic mass is 16.3. The zero-order valence-corrected chi connectivity index (χ0v) is 17.2. The molecule has 0 spiro atoms. The largest absolute Gasteiger partial charge is 0.394 e. The fourth-order valence-corrected chi connectivity index (χ4v) is 4.25. The van der Waals surface area contributed by atoms with Gasteiger partial charge < -0.3 is 20.3 Å². The van der Waals surface area contributed by atoms with Crippen molar-refractivity contribution in [2.75, 3.05) is 23.4 Å². The molecule has 156 valence electrons. The number of aromatic amines is 1. The Morgan fingerprint density at radius 2 is 2.10 bits per heavy atom. The lowest BCUT2D eigenvalue weighted by Crippen LogP contribution is -2.34. The van der Waals surface area contributed by atoms with Gasteiger partial charge in [-0.2, -0.15) is 0 Å². The number of aromatic nitrogens is 6. The monoisotopic (exact) mass is 406 g/mol. The number of fused-ring (bicyclic) bond motifs is 2. The lowest BCUT2D eigenvalue weighted by molar-refractivity contribution is 0.265. The quantitative estimate of drug-likeness (QED) is 0.452. The van der Waals surface area contributed by atoms with Crippen molar-refractivity contribution in [2.24, 2.45) is 0 Å². The first kappa shape index (κ1) is 18.8. The van der Waals surface area contributed by atoms with Crippen molar-refractivity contribution >= 4 is 34.0 Å². The van der Waals surface area contributed by atoms with Crippen molar-refractivity contribution in [1.82, 2.24) is 29.5 Å². The van der Waals surface area contributed by atoms with Gasteiger partial charge in [-0.3, -0.25) is 4.57 Å². The number of aliphatic hydroxyl groups is 1. The molecule has 0 saturated carbocycles. The van der Waals surface area contributed by atoms with Gasteiger partial charge in [-0.25, -0.2) is 19.9 Å². The van der Waals surface area contributed by atoms with Crippen molar-refractivity contribution in [3.63, 3.8) is 0 Å². The summed E-state index contributed by atoms with van der Waals surface area (Å²) in [7, 11) is 0. The van der Waals surface area contributed by atoms with E-state index in [0.717, 1.165) is 53.4 Å². The van der Waals surface area contributed by atoms with Gasteiger partial charge in [0.15, 0.2) is 17.0 Å². The summed E-state index contributed by atoms with van der Waals surface area (Å²) in [6.45, 7) is 5.77. The number of aliphatic hydroxyl groups excluding tert-OH is 1. The van der Waals surface area contributed by atoms with Crippen LogP contribution in [0.2, 0.25) is 0 Å². The van der Waals surface area contributed by atoms with Crippen molar-refractivity contribution < 1.29 is 5.11 Å². The standard InChI is InChI=1S/C21H26N8O/c1-13(2)29-20-18(27-21(29)28-9-5-6-14(28)11-30)19(23-12-24-20)22-10-17-25-15-7-3-4-8-16(15)26-17/h3-4,7-8,12-14,30H,5-6,9-11H2,1-2H3,(H,25,26)(H,22,23,24). The molecule has 0 amide bonds. The summed E-state index contributed by atoms with van der Waals surface area (Å²) in [5.74, 6) is 2.37. The average molecular weight is 406 g/mol. The van der Waals surface area contributed by atoms with Crippen molar-refractivity contribution in [1.29, 1.82) is 0 Å².